The highest BCUT2D eigenvalue weighted by molar-refractivity contribution is 7.94. The number of nitrogens with zero attached hydrogens (tertiary/aromatic N) is 4. The van der Waals surface area contributed by atoms with E-state index in [2.05, 4.69) is 33.1 Å². The molecular weight excluding hydrogens is 773 g/mol. The van der Waals surface area contributed by atoms with Gasteiger partial charge in [-0.25, -0.2) is 23.0 Å². The zero-order chi connectivity index (χ0) is 39.1. The van der Waals surface area contributed by atoms with Gasteiger partial charge in [0.1, 0.15) is 9.22 Å². The molecule has 0 bridgehead atoms. The summed E-state index contributed by atoms with van der Waals surface area (Å²) in [5.41, 5.74) is 3.55. The number of piperidine rings is 1. The number of thiazole rings is 1. The van der Waals surface area contributed by atoms with Gasteiger partial charge in [-0.3, -0.25) is 14.2 Å². The first-order chi connectivity index (χ1) is 24.8. The number of pyridine rings is 1. The Balaban J connectivity index is 0.000000381. The zero-order valence-corrected chi connectivity index (χ0v) is 30.4. The molecule has 1 aliphatic rings. The number of aromatic amines is 1. The first kappa shape index (κ1) is 41.2. The van der Waals surface area contributed by atoms with Gasteiger partial charge in [-0.2, -0.15) is 26.3 Å². The molecule has 0 radical (unpaired) electrons. The Morgan fingerprint density at radius 2 is 1.60 bits per heavy atom. The molecule has 0 atom stereocenters. The van der Waals surface area contributed by atoms with Gasteiger partial charge in [0.05, 0.1) is 16.9 Å². The topological polar surface area (TPSA) is 157 Å². The van der Waals surface area contributed by atoms with Crippen molar-refractivity contribution >= 4 is 61.2 Å². The standard InChI is InChI=1S/C29H31N5O2S3.2C2HF3O2/c1-20(2)34(39(35,36)27-10-6-16-37-27)26-9-5-7-22-17-25(32-28(22)26)29-31-18-23(38-29)19-33-14-11-21(12-15-33)24-8-3-4-13-30-24;2*3-2(4,5)1(6)7/h3-10,13,16-18,20-21,32H,11-12,14-15,19H2,1-2H3;2*(H,6,7). The number of aromatic nitrogens is 3. The van der Waals surface area contributed by atoms with Crippen LogP contribution in [0.3, 0.4) is 0 Å². The SMILES string of the molecule is CC(C)N(c1cccc2cc(-c3ncc(CN4CCC(c5ccccn5)CC4)s3)[nH]c12)S(=O)(=O)c1cccs1.O=C(O)C(F)(F)F.O=C(O)C(F)(F)F. The Morgan fingerprint density at radius 1 is 0.962 bits per heavy atom. The van der Waals surface area contributed by atoms with Crippen LogP contribution in [0.15, 0.2) is 76.6 Å². The molecular formula is C33H33F6N5O6S3. The maximum Gasteiger partial charge on any atom is 0.490 e. The molecule has 20 heteroatoms. The van der Waals surface area contributed by atoms with Gasteiger partial charge >= 0.3 is 24.3 Å². The number of carbonyl (C=O) groups is 2. The molecule has 6 rings (SSSR count). The van der Waals surface area contributed by atoms with Crippen LogP contribution < -0.4 is 4.31 Å². The second kappa shape index (κ2) is 17.1. The molecule has 0 aliphatic carbocycles. The van der Waals surface area contributed by atoms with Crippen LogP contribution in [0.4, 0.5) is 32.0 Å². The third kappa shape index (κ3) is 10.8. The van der Waals surface area contributed by atoms with E-state index in [1.54, 1.807) is 28.8 Å². The molecule has 3 N–H and O–H groups in total. The predicted octanol–water partition coefficient (Wildman–Crippen LogP) is 8.00. The molecule has 11 nitrogen and oxygen atoms in total. The fourth-order valence-corrected chi connectivity index (χ4v) is 9.04. The van der Waals surface area contributed by atoms with Crippen molar-refractivity contribution in [2.24, 2.45) is 0 Å². The molecule has 5 aromatic rings. The molecule has 0 saturated carbocycles. The molecule has 5 heterocycles. The van der Waals surface area contributed by atoms with Gasteiger partial charge in [-0.15, -0.1) is 22.7 Å². The van der Waals surface area contributed by atoms with E-state index in [9.17, 15) is 34.8 Å². The second-order valence-electron chi connectivity index (χ2n) is 11.8. The van der Waals surface area contributed by atoms with E-state index in [1.165, 1.54) is 26.2 Å². The van der Waals surface area contributed by atoms with Gasteiger partial charge in [0.2, 0.25) is 0 Å². The molecule has 1 aromatic carbocycles. The number of nitrogens with one attached hydrogen (secondary N) is 1. The highest BCUT2D eigenvalue weighted by atomic mass is 32.2. The summed E-state index contributed by atoms with van der Waals surface area (Å²) in [6.07, 6.45) is -4.07. The number of carboxylic acids is 2. The zero-order valence-electron chi connectivity index (χ0n) is 27.9. The summed E-state index contributed by atoms with van der Waals surface area (Å²) in [6, 6.07) is 17.2. The maximum absolute atomic E-state index is 13.6. The summed E-state index contributed by atoms with van der Waals surface area (Å²) >= 11 is 2.93. The molecule has 53 heavy (non-hydrogen) atoms. The first-order valence-electron chi connectivity index (χ1n) is 15.7. The summed E-state index contributed by atoms with van der Waals surface area (Å²) in [7, 11) is -3.68. The Bertz CT molecular complexity index is 2050. The molecule has 0 unspecified atom stereocenters. The molecule has 1 aliphatic heterocycles. The van der Waals surface area contributed by atoms with Gasteiger partial charge < -0.3 is 15.2 Å². The Hall–Kier alpha value is -4.53. The lowest BCUT2D eigenvalue weighted by atomic mass is 9.93. The van der Waals surface area contributed by atoms with Gasteiger partial charge in [-0.05, 0) is 75.5 Å². The number of para-hydroxylation sites is 1. The minimum absolute atomic E-state index is 0.247. The Morgan fingerprint density at radius 3 is 2.13 bits per heavy atom. The van der Waals surface area contributed by atoms with Crippen molar-refractivity contribution in [2.45, 2.75) is 61.8 Å². The normalized spacial score (nSPS) is 14.3. The van der Waals surface area contributed by atoms with Crippen molar-refractivity contribution in [1.29, 1.82) is 0 Å². The molecule has 0 spiro atoms. The lowest BCUT2D eigenvalue weighted by Crippen LogP contribution is -2.36. The third-order valence-electron chi connectivity index (χ3n) is 7.69. The summed E-state index contributed by atoms with van der Waals surface area (Å²) in [5.74, 6) is -4.98. The van der Waals surface area contributed by atoms with Crippen LogP contribution in [-0.2, 0) is 26.2 Å². The van der Waals surface area contributed by atoms with Crippen LogP contribution in [0, 0.1) is 0 Å². The number of likely N-dealkylation sites (tertiary alicyclic amines) is 1. The molecule has 1 saturated heterocycles. The number of hydrogen-bond donors (Lipinski definition) is 3. The van der Waals surface area contributed by atoms with Crippen LogP contribution in [0.2, 0.25) is 0 Å². The van der Waals surface area contributed by atoms with Crippen LogP contribution in [0.5, 0.6) is 0 Å². The van der Waals surface area contributed by atoms with E-state index in [4.69, 9.17) is 24.8 Å². The van der Waals surface area contributed by atoms with E-state index in [-0.39, 0.29) is 6.04 Å². The number of sulfonamides is 1. The highest BCUT2D eigenvalue weighted by Gasteiger charge is 2.39. The first-order valence-corrected chi connectivity index (χ1v) is 18.8. The average molecular weight is 806 g/mol. The number of aliphatic carboxylic acids is 2. The number of alkyl halides is 6. The quantitative estimate of drug-likeness (QED) is 0.132. The van der Waals surface area contributed by atoms with Gasteiger partial charge in [-0.1, -0.05) is 24.3 Å². The van der Waals surface area contributed by atoms with Gasteiger partial charge in [0.25, 0.3) is 10.0 Å². The van der Waals surface area contributed by atoms with Crippen molar-refractivity contribution in [3.8, 4) is 10.7 Å². The minimum atomic E-state index is -5.08. The van der Waals surface area contributed by atoms with Crippen molar-refractivity contribution in [1.82, 2.24) is 19.9 Å². The molecule has 0 amide bonds. The van der Waals surface area contributed by atoms with Crippen molar-refractivity contribution < 1.29 is 54.6 Å². The molecule has 4 aromatic heterocycles. The number of benzene rings is 1. The Kier molecular flexibility index (Phi) is 13.3. The molecule has 1 fully saturated rings. The number of fused-ring (bicyclic) bond motifs is 1. The number of H-pyrrole nitrogens is 1. The smallest absolute Gasteiger partial charge is 0.475 e. The van der Waals surface area contributed by atoms with Crippen molar-refractivity contribution in [3.05, 3.63) is 82.9 Å². The highest BCUT2D eigenvalue weighted by Crippen LogP contribution is 2.37. The summed E-state index contributed by atoms with van der Waals surface area (Å²) in [6.45, 7) is 6.79. The fraction of sp³-hybridized carbons (Fsp3) is 0.333. The Labute approximate surface area is 307 Å². The van der Waals surface area contributed by atoms with Gasteiger partial charge in [0.15, 0.2) is 0 Å². The van der Waals surface area contributed by atoms with E-state index in [1.807, 2.05) is 50.5 Å². The van der Waals surface area contributed by atoms with Crippen molar-refractivity contribution in [3.63, 3.8) is 0 Å². The predicted molar refractivity (Wildman–Crippen MR) is 187 cm³/mol. The number of halogens is 6. The monoisotopic (exact) mass is 805 g/mol. The number of thiophene rings is 1. The lowest BCUT2D eigenvalue weighted by Gasteiger charge is -2.31. The number of rotatable bonds is 8. The van der Waals surface area contributed by atoms with Crippen LogP contribution >= 0.6 is 22.7 Å². The number of hydrogen-bond acceptors (Lipinski definition) is 9. The van der Waals surface area contributed by atoms with Crippen LogP contribution in [0.25, 0.3) is 21.6 Å². The van der Waals surface area contributed by atoms with E-state index in [0.29, 0.717) is 15.8 Å². The summed E-state index contributed by atoms with van der Waals surface area (Å²) in [5, 5.41) is 17.9. The van der Waals surface area contributed by atoms with E-state index in [0.717, 1.165) is 54.1 Å². The van der Waals surface area contributed by atoms with Crippen LogP contribution in [-0.4, -0.2) is 81.9 Å². The van der Waals surface area contributed by atoms with Crippen LogP contribution in [0.1, 0.15) is 43.2 Å². The maximum atomic E-state index is 13.6. The third-order valence-corrected chi connectivity index (χ3v) is 12.1. The lowest BCUT2D eigenvalue weighted by molar-refractivity contribution is -0.193. The van der Waals surface area contributed by atoms with Crippen molar-refractivity contribution in [2.75, 3.05) is 17.4 Å². The largest absolute Gasteiger partial charge is 0.490 e. The number of anilines is 1. The fourth-order valence-electron chi connectivity index (χ4n) is 5.36. The van der Waals surface area contributed by atoms with E-state index < -0.39 is 34.3 Å². The average Bonchev–Trinajstić information content (AvgIpc) is 3.87. The summed E-state index contributed by atoms with van der Waals surface area (Å²) in [4.78, 5) is 34.3. The van der Waals surface area contributed by atoms with Gasteiger partial charge in [0, 0.05) is 46.9 Å². The molecule has 286 valence electrons. The minimum Gasteiger partial charge on any atom is -0.475 e. The number of carboxylic acid groups (broad SMARTS) is 2. The second-order valence-corrected chi connectivity index (χ2v) is 15.9. The van der Waals surface area contributed by atoms with E-state index >= 15 is 0 Å². The summed E-state index contributed by atoms with van der Waals surface area (Å²) < 4.78 is 92.4.